The summed E-state index contributed by atoms with van der Waals surface area (Å²) >= 11 is 0. The van der Waals surface area contributed by atoms with Gasteiger partial charge in [-0.3, -0.25) is 19.3 Å². The SMILES string of the molecule is CC=Nc1c(NC2O[C@H](COP(=O)(NC(C)(C)C(=O)OC3CCCCC3)Oc3ccc(C)cc3)[C@@H](O)[C@@]2(C)O)nc(N)nc1N(C)NS(C)(=O)=O. The van der Waals surface area contributed by atoms with Gasteiger partial charge < -0.3 is 35.3 Å². The van der Waals surface area contributed by atoms with E-state index >= 15 is 0 Å². The third kappa shape index (κ3) is 10.6. The maximum absolute atomic E-state index is 14.4. The van der Waals surface area contributed by atoms with Gasteiger partial charge in [-0.05, 0) is 72.4 Å². The standard InChI is InChI=1S/C31H49N8O10PS/c1-8-33-23-25(35-29(32)36-26(23)39(6)38-51(7,44)45)34-27-31(5,42)24(40)22(48-27)18-46-50(43,49-21-16-14-19(2)15-17-21)37-30(3,4)28(41)47-20-12-10-9-11-13-20/h8,14-17,20,22,24,27,38,40,42H,9-13,18H2,1-7H3,(H,37,43)(H3,32,34,35,36)/t22-,24-,27?,31-,50?/m1/s1. The highest BCUT2D eigenvalue weighted by Gasteiger charge is 2.54. The highest BCUT2D eigenvalue weighted by atomic mass is 32.2. The Morgan fingerprint density at radius 2 is 1.88 bits per heavy atom. The van der Waals surface area contributed by atoms with Crippen molar-refractivity contribution in [2.75, 3.05) is 36.0 Å². The lowest BCUT2D eigenvalue weighted by molar-refractivity contribution is -0.156. The average Bonchev–Trinajstić information content (AvgIpc) is 3.24. The van der Waals surface area contributed by atoms with Gasteiger partial charge >= 0.3 is 13.7 Å². The fraction of sp³-hybridized carbons (Fsp3) is 0.613. The van der Waals surface area contributed by atoms with Gasteiger partial charge in [0, 0.05) is 13.3 Å². The van der Waals surface area contributed by atoms with E-state index in [2.05, 4.69) is 30.2 Å². The molecule has 0 spiro atoms. The van der Waals surface area contributed by atoms with Gasteiger partial charge in [-0.25, -0.2) is 13.0 Å². The molecule has 1 aromatic carbocycles. The predicted octanol–water partition coefficient (Wildman–Crippen LogP) is 2.69. The molecule has 5 atom stereocenters. The van der Waals surface area contributed by atoms with Crippen LogP contribution in [0, 0.1) is 6.92 Å². The summed E-state index contributed by atoms with van der Waals surface area (Å²) in [5, 5.41) is 29.2. The normalized spacial score (nSPS) is 24.3. The Morgan fingerprint density at radius 1 is 1.24 bits per heavy atom. The molecule has 1 aliphatic carbocycles. The zero-order valence-corrected chi connectivity index (χ0v) is 31.5. The molecule has 2 unspecified atom stereocenters. The van der Waals surface area contributed by atoms with Crippen molar-refractivity contribution < 1.29 is 46.5 Å². The molecule has 284 valence electrons. The van der Waals surface area contributed by atoms with Crippen molar-refractivity contribution in [3.63, 3.8) is 0 Å². The Balaban J connectivity index is 1.56. The first-order chi connectivity index (χ1) is 23.7. The second-order valence-electron chi connectivity index (χ2n) is 13.4. The topological polar surface area (TPSA) is 249 Å². The molecule has 0 radical (unpaired) electrons. The molecular weight excluding hydrogens is 707 g/mol. The van der Waals surface area contributed by atoms with Gasteiger partial charge in [0.1, 0.15) is 40.9 Å². The zero-order chi connectivity index (χ0) is 37.8. The molecule has 2 aromatic rings. The van der Waals surface area contributed by atoms with E-state index < -0.39 is 59.9 Å². The number of carbonyl (C=O) groups is 1. The lowest BCUT2D eigenvalue weighted by atomic mass is 9.97. The van der Waals surface area contributed by atoms with Gasteiger partial charge in [-0.15, -0.1) is 4.83 Å². The largest absolute Gasteiger partial charge is 0.461 e. The monoisotopic (exact) mass is 756 g/mol. The second kappa shape index (κ2) is 16.1. The molecule has 2 aliphatic rings. The first-order valence-corrected chi connectivity index (χ1v) is 19.9. The number of benzene rings is 1. The van der Waals surface area contributed by atoms with E-state index in [0.29, 0.717) is 0 Å². The van der Waals surface area contributed by atoms with Crippen LogP contribution in [0.25, 0.3) is 0 Å². The Morgan fingerprint density at radius 3 is 2.49 bits per heavy atom. The molecule has 0 amide bonds. The number of aliphatic hydroxyl groups excluding tert-OH is 1. The van der Waals surface area contributed by atoms with Crippen molar-refractivity contribution in [3.05, 3.63) is 29.8 Å². The molecule has 51 heavy (non-hydrogen) atoms. The summed E-state index contributed by atoms with van der Waals surface area (Å²) in [4.78, 5) is 28.0. The van der Waals surface area contributed by atoms with Crippen LogP contribution in [0.2, 0.25) is 0 Å². The smallest absolute Gasteiger partial charge is 0.459 e. The van der Waals surface area contributed by atoms with E-state index in [-0.39, 0.29) is 35.1 Å². The minimum absolute atomic E-state index is 0.0292. The van der Waals surface area contributed by atoms with Crippen LogP contribution in [-0.4, -0.2) is 96.4 Å². The second-order valence-corrected chi connectivity index (χ2v) is 16.8. The number of hydrogen-bond donors (Lipinski definition) is 6. The number of nitrogens with two attached hydrogens (primary N) is 1. The van der Waals surface area contributed by atoms with Gasteiger partial charge in [0.25, 0.3) is 0 Å². The predicted molar refractivity (Wildman–Crippen MR) is 191 cm³/mol. The summed E-state index contributed by atoms with van der Waals surface area (Å²) in [6.45, 7) is 7.20. The highest BCUT2D eigenvalue weighted by Crippen LogP contribution is 2.48. The van der Waals surface area contributed by atoms with Gasteiger partial charge in [-0.2, -0.15) is 15.1 Å². The number of nitrogens with zero attached hydrogens (tertiary/aromatic N) is 4. The maximum atomic E-state index is 14.4. The fourth-order valence-electron chi connectivity index (χ4n) is 5.55. The highest BCUT2D eigenvalue weighted by molar-refractivity contribution is 7.88. The Labute approximate surface area is 298 Å². The van der Waals surface area contributed by atoms with Gasteiger partial charge in [0.2, 0.25) is 16.0 Å². The van der Waals surface area contributed by atoms with Crippen LogP contribution in [0.5, 0.6) is 5.75 Å². The number of nitrogens with one attached hydrogen (secondary N) is 3. The van der Waals surface area contributed by atoms with Crippen molar-refractivity contribution >= 4 is 53.2 Å². The van der Waals surface area contributed by atoms with Gasteiger partial charge in [-0.1, -0.05) is 24.1 Å². The molecule has 1 aliphatic heterocycles. The van der Waals surface area contributed by atoms with Crippen LogP contribution < -0.4 is 30.5 Å². The summed E-state index contributed by atoms with van der Waals surface area (Å²) < 4.78 is 61.5. The van der Waals surface area contributed by atoms with Crippen LogP contribution in [0.4, 0.5) is 23.3 Å². The number of nitrogen functional groups attached to an aromatic ring is 1. The molecular formula is C31H49N8O10PS. The minimum Gasteiger partial charge on any atom is -0.461 e. The molecule has 4 rings (SSSR count). The molecule has 1 aromatic heterocycles. The van der Waals surface area contributed by atoms with E-state index in [0.717, 1.165) is 48.9 Å². The van der Waals surface area contributed by atoms with Crippen molar-refractivity contribution in [1.29, 1.82) is 0 Å². The number of esters is 1. The van der Waals surface area contributed by atoms with Crippen LogP contribution in [0.3, 0.4) is 0 Å². The molecule has 18 nitrogen and oxygen atoms in total. The molecule has 2 fully saturated rings. The minimum atomic E-state index is -4.41. The number of anilines is 3. The number of ether oxygens (including phenoxy) is 2. The maximum Gasteiger partial charge on any atom is 0.459 e. The summed E-state index contributed by atoms with van der Waals surface area (Å²) in [7, 11) is -6.76. The number of rotatable bonds is 15. The van der Waals surface area contributed by atoms with Crippen molar-refractivity contribution in [2.45, 2.75) is 102 Å². The van der Waals surface area contributed by atoms with E-state index in [1.54, 1.807) is 31.2 Å². The van der Waals surface area contributed by atoms with Crippen molar-refractivity contribution in [3.8, 4) is 5.75 Å². The first kappa shape index (κ1) is 40.4. The summed E-state index contributed by atoms with van der Waals surface area (Å²) in [6.07, 6.45) is 2.27. The third-order valence-corrected chi connectivity index (χ3v) is 10.6. The van der Waals surface area contributed by atoms with E-state index in [4.69, 9.17) is 24.3 Å². The van der Waals surface area contributed by atoms with Crippen LogP contribution in [0.15, 0.2) is 29.3 Å². The third-order valence-electron chi connectivity index (χ3n) is 8.23. The number of aromatic nitrogens is 2. The number of carbonyl (C=O) groups excluding carboxylic acids is 1. The molecule has 20 heteroatoms. The quantitative estimate of drug-likeness (QED) is 0.0662. The summed E-state index contributed by atoms with van der Waals surface area (Å²) in [6, 6.07) is 6.67. The molecule has 1 saturated carbocycles. The molecule has 0 bridgehead atoms. The number of aliphatic imine (C=N–C) groups is 1. The fourth-order valence-corrected chi connectivity index (χ4v) is 7.81. The Bertz CT molecular complexity index is 1720. The number of hydrogen-bond acceptors (Lipinski definition) is 16. The molecule has 1 saturated heterocycles. The Hall–Kier alpha value is -3.42. The van der Waals surface area contributed by atoms with Crippen molar-refractivity contribution in [2.24, 2.45) is 4.99 Å². The van der Waals surface area contributed by atoms with Crippen LogP contribution in [0.1, 0.15) is 65.4 Å². The van der Waals surface area contributed by atoms with Crippen LogP contribution >= 0.6 is 7.75 Å². The van der Waals surface area contributed by atoms with Gasteiger partial charge in [0.05, 0.1) is 12.9 Å². The zero-order valence-electron chi connectivity index (χ0n) is 29.8. The molecule has 7 N–H and O–H groups in total. The lowest BCUT2D eigenvalue weighted by Crippen LogP contribution is -2.49. The number of sulfonamides is 1. The van der Waals surface area contributed by atoms with Crippen LogP contribution in [-0.2, 0) is 33.4 Å². The van der Waals surface area contributed by atoms with E-state index in [1.807, 2.05) is 6.92 Å². The van der Waals surface area contributed by atoms with E-state index in [1.165, 1.54) is 34.0 Å². The lowest BCUT2D eigenvalue weighted by Gasteiger charge is -2.32. The number of hydrazine groups is 1. The first-order valence-electron chi connectivity index (χ1n) is 16.4. The summed E-state index contributed by atoms with van der Waals surface area (Å²) in [5.74, 6) is -0.820. The van der Waals surface area contributed by atoms with E-state index in [9.17, 15) is 28.0 Å². The average molecular weight is 757 g/mol. The molecule has 2 heterocycles. The number of aliphatic hydroxyl groups is 2. The van der Waals surface area contributed by atoms with Crippen molar-refractivity contribution in [1.82, 2.24) is 19.9 Å². The summed E-state index contributed by atoms with van der Waals surface area (Å²) in [5.41, 5.74) is 3.36. The number of aryl methyl sites for hydroxylation is 1. The van der Waals surface area contributed by atoms with Gasteiger partial charge in [0.15, 0.2) is 17.9 Å². The Kier molecular flexibility index (Phi) is 12.7.